The van der Waals surface area contributed by atoms with Crippen molar-refractivity contribution in [1.29, 1.82) is 0 Å². The van der Waals surface area contributed by atoms with Gasteiger partial charge in [-0.1, -0.05) is 13.8 Å². The Balaban J connectivity index is 2.30. The van der Waals surface area contributed by atoms with Crippen LogP contribution in [-0.4, -0.2) is 30.5 Å². The average Bonchev–Trinajstić information content (AvgIpc) is 2.82. The van der Waals surface area contributed by atoms with Gasteiger partial charge in [0.15, 0.2) is 0 Å². The lowest BCUT2D eigenvalue weighted by atomic mass is 9.80. The van der Waals surface area contributed by atoms with Crippen LogP contribution in [0.1, 0.15) is 40.3 Å². The highest BCUT2D eigenvalue weighted by molar-refractivity contribution is 6.04. The van der Waals surface area contributed by atoms with Gasteiger partial charge in [0.05, 0.1) is 12.7 Å². The van der Waals surface area contributed by atoms with Gasteiger partial charge in [-0.25, -0.2) is 4.79 Å². The predicted octanol–water partition coefficient (Wildman–Crippen LogP) is 1.98. The van der Waals surface area contributed by atoms with Crippen molar-refractivity contribution in [2.45, 2.75) is 19.3 Å². The minimum absolute atomic E-state index is 0.102. The third-order valence-corrected chi connectivity index (χ3v) is 3.81. The molecule has 0 saturated heterocycles. The van der Waals surface area contributed by atoms with Crippen molar-refractivity contribution in [3.8, 4) is 0 Å². The number of methoxy groups -OCH3 is 1. The summed E-state index contributed by atoms with van der Waals surface area (Å²) in [7, 11) is 1.36. The fraction of sp³-hybridized carbons (Fsp3) is 0.333. The lowest BCUT2D eigenvalue weighted by Gasteiger charge is -2.30. The SMILES string of the molecule is COC(=O)c1ccc2[nH]c3c(c2c1)C(C)(C)CNC3=O. The number of ether oxygens (including phenoxy) is 1. The number of H-pyrrole nitrogens is 1. The van der Waals surface area contributed by atoms with Crippen molar-refractivity contribution in [2.75, 3.05) is 13.7 Å². The van der Waals surface area contributed by atoms with Crippen LogP contribution in [0.25, 0.3) is 10.9 Å². The summed E-state index contributed by atoms with van der Waals surface area (Å²) < 4.78 is 4.75. The molecule has 1 aliphatic heterocycles. The highest BCUT2D eigenvalue weighted by Gasteiger charge is 2.35. The highest BCUT2D eigenvalue weighted by Crippen LogP contribution is 2.36. The molecule has 0 spiro atoms. The van der Waals surface area contributed by atoms with E-state index in [2.05, 4.69) is 24.1 Å². The zero-order chi connectivity index (χ0) is 14.5. The minimum Gasteiger partial charge on any atom is -0.465 e. The van der Waals surface area contributed by atoms with E-state index in [4.69, 9.17) is 4.74 Å². The van der Waals surface area contributed by atoms with Gasteiger partial charge in [-0.15, -0.1) is 0 Å². The summed E-state index contributed by atoms with van der Waals surface area (Å²) in [5.74, 6) is -0.477. The molecule has 2 aromatic rings. The molecule has 0 fully saturated rings. The summed E-state index contributed by atoms with van der Waals surface area (Å²) in [4.78, 5) is 26.8. The Morgan fingerprint density at radius 3 is 2.80 bits per heavy atom. The van der Waals surface area contributed by atoms with Gasteiger partial charge < -0.3 is 15.0 Å². The summed E-state index contributed by atoms with van der Waals surface area (Å²) in [6.07, 6.45) is 0. The van der Waals surface area contributed by atoms with E-state index >= 15 is 0 Å². The van der Waals surface area contributed by atoms with Crippen molar-refractivity contribution < 1.29 is 14.3 Å². The first-order valence-electron chi connectivity index (χ1n) is 6.47. The maximum Gasteiger partial charge on any atom is 0.337 e. The molecule has 1 aromatic carbocycles. The van der Waals surface area contributed by atoms with Crippen LogP contribution in [0.5, 0.6) is 0 Å². The molecular formula is C15H16N2O3. The molecule has 20 heavy (non-hydrogen) atoms. The van der Waals surface area contributed by atoms with E-state index in [0.717, 1.165) is 16.5 Å². The van der Waals surface area contributed by atoms with E-state index < -0.39 is 0 Å². The largest absolute Gasteiger partial charge is 0.465 e. The molecule has 1 aliphatic rings. The fourth-order valence-corrected chi connectivity index (χ4v) is 2.79. The molecule has 5 heteroatoms. The average molecular weight is 272 g/mol. The van der Waals surface area contributed by atoms with Crippen molar-refractivity contribution >= 4 is 22.8 Å². The Morgan fingerprint density at radius 1 is 1.35 bits per heavy atom. The quantitative estimate of drug-likeness (QED) is 0.780. The monoisotopic (exact) mass is 272 g/mol. The van der Waals surface area contributed by atoms with Gasteiger partial charge in [0.25, 0.3) is 5.91 Å². The molecule has 0 bridgehead atoms. The number of hydrogen-bond donors (Lipinski definition) is 2. The normalized spacial score (nSPS) is 16.6. The Morgan fingerprint density at radius 2 is 2.10 bits per heavy atom. The van der Waals surface area contributed by atoms with Crippen LogP contribution in [0.2, 0.25) is 0 Å². The molecule has 0 radical (unpaired) electrons. The molecular weight excluding hydrogens is 256 g/mol. The standard InChI is InChI=1S/C15H16N2O3/c1-15(2)7-16-13(18)12-11(15)9-6-8(14(19)20-3)4-5-10(9)17-12/h4-6,17H,7H2,1-3H3,(H,16,18). The lowest BCUT2D eigenvalue weighted by molar-refractivity contribution is 0.0600. The Labute approximate surface area is 116 Å². The summed E-state index contributed by atoms with van der Waals surface area (Å²) in [6.45, 7) is 4.72. The van der Waals surface area contributed by atoms with Gasteiger partial charge in [-0.2, -0.15) is 0 Å². The van der Waals surface area contributed by atoms with E-state index in [1.165, 1.54) is 7.11 Å². The second-order valence-corrected chi connectivity index (χ2v) is 5.69. The van der Waals surface area contributed by atoms with Crippen LogP contribution < -0.4 is 5.32 Å². The third-order valence-electron chi connectivity index (χ3n) is 3.81. The zero-order valence-electron chi connectivity index (χ0n) is 11.7. The molecule has 0 unspecified atom stereocenters. The van der Waals surface area contributed by atoms with Gasteiger partial charge in [-0.05, 0) is 23.8 Å². The number of amides is 1. The molecule has 5 nitrogen and oxygen atoms in total. The second kappa shape index (κ2) is 4.10. The van der Waals surface area contributed by atoms with Crippen molar-refractivity contribution in [3.63, 3.8) is 0 Å². The number of nitrogens with one attached hydrogen (secondary N) is 2. The molecule has 0 atom stereocenters. The van der Waals surface area contributed by atoms with Crippen molar-refractivity contribution in [1.82, 2.24) is 10.3 Å². The lowest BCUT2D eigenvalue weighted by Crippen LogP contribution is -2.43. The smallest absolute Gasteiger partial charge is 0.337 e. The first-order chi connectivity index (χ1) is 9.44. The van der Waals surface area contributed by atoms with Crippen LogP contribution in [0, 0.1) is 0 Å². The topological polar surface area (TPSA) is 71.2 Å². The summed E-state index contributed by atoms with van der Waals surface area (Å²) in [5.41, 5.74) is 2.70. The minimum atomic E-state index is -0.375. The first-order valence-corrected chi connectivity index (χ1v) is 6.47. The maximum absolute atomic E-state index is 12.0. The number of esters is 1. The predicted molar refractivity (Wildman–Crippen MR) is 75.0 cm³/mol. The van der Waals surface area contributed by atoms with Crippen LogP contribution in [0.15, 0.2) is 18.2 Å². The number of carbonyl (C=O) groups excluding carboxylic acids is 2. The van der Waals surface area contributed by atoms with Crippen molar-refractivity contribution in [3.05, 3.63) is 35.0 Å². The van der Waals surface area contributed by atoms with Gasteiger partial charge in [0, 0.05) is 22.9 Å². The maximum atomic E-state index is 12.0. The molecule has 2 N–H and O–H groups in total. The number of fused-ring (bicyclic) bond motifs is 3. The van der Waals surface area contributed by atoms with Gasteiger partial charge in [0.1, 0.15) is 5.69 Å². The van der Waals surface area contributed by atoms with Gasteiger partial charge in [0.2, 0.25) is 0 Å². The zero-order valence-corrected chi connectivity index (χ0v) is 11.7. The number of aromatic amines is 1. The Hall–Kier alpha value is -2.30. The molecule has 0 aliphatic carbocycles. The Bertz CT molecular complexity index is 728. The van der Waals surface area contributed by atoms with E-state index in [0.29, 0.717) is 17.8 Å². The van der Waals surface area contributed by atoms with E-state index in [9.17, 15) is 9.59 Å². The van der Waals surface area contributed by atoms with Gasteiger partial charge in [-0.3, -0.25) is 4.79 Å². The molecule has 0 saturated carbocycles. The summed E-state index contributed by atoms with van der Waals surface area (Å²) in [5, 5.41) is 3.78. The van der Waals surface area contributed by atoms with Crippen LogP contribution in [0.3, 0.4) is 0 Å². The first kappa shape index (κ1) is 12.7. The van der Waals surface area contributed by atoms with E-state index in [1.807, 2.05) is 6.07 Å². The third kappa shape index (κ3) is 1.70. The molecule has 1 amide bonds. The van der Waals surface area contributed by atoms with Crippen LogP contribution in [0.4, 0.5) is 0 Å². The molecule has 104 valence electrons. The highest BCUT2D eigenvalue weighted by atomic mass is 16.5. The van der Waals surface area contributed by atoms with Gasteiger partial charge >= 0.3 is 5.97 Å². The second-order valence-electron chi connectivity index (χ2n) is 5.69. The fourth-order valence-electron chi connectivity index (χ4n) is 2.79. The number of benzene rings is 1. The number of hydrogen-bond acceptors (Lipinski definition) is 3. The van der Waals surface area contributed by atoms with Crippen LogP contribution >= 0.6 is 0 Å². The van der Waals surface area contributed by atoms with E-state index in [-0.39, 0.29) is 17.3 Å². The Kier molecular flexibility index (Phi) is 2.61. The number of aromatic nitrogens is 1. The number of carbonyl (C=O) groups is 2. The molecule has 3 rings (SSSR count). The van der Waals surface area contributed by atoms with Crippen LogP contribution in [-0.2, 0) is 10.2 Å². The summed E-state index contributed by atoms with van der Waals surface area (Å²) >= 11 is 0. The van der Waals surface area contributed by atoms with E-state index in [1.54, 1.807) is 12.1 Å². The molecule has 1 aromatic heterocycles. The molecule has 2 heterocycles. The van der Waals surface area contributed by atoms with Crippen molar-refractivity contribution in [2.24, 2.45) is 0 Å². The number of rotatable bonds is 1. The summed E-state index contributed by atoms with van der Waals surface area (Å²) in [6, 6.07) is 5.29.